The number of benzene rings is 2. The number of ketones is 1. The second-order valence-corrected chi connectivity index (χ2v) is 8.46. The Morgan fingerprint density at radius 3 is 2.03 bits per heavy atom. The third kappa shape index (κ3) is 8.75. The van der Waals surface area contributed by atoms with Crippen LogP contribution in [0.1, 0.15) is 94.1 Å². The van der Waals surface area contributed by atoms with Crippen molar-refractivity contribution in [3.8, 4) is 17.2 Å². The number of carbonyl (C=O) groups is 1. The summed E-state index contributed by atoms with van der Waals surface area (Å²) in [6.45, 7) is 10.5. The van der Waals surface area contributed by atoms with Crippen molar-refractivity contribution in [2.45, 2.75) is 85.5 Å². The normalized spacial score (nSPS) is 10.8. The van der Waals surface area contributed by atoms with Gasteiger partial charge in [-0.2, -0.15) is 0 Å². The summed E-state index contributed by atoms with van der Waals surface area (Å²) in [5, 5.41) is 0. The first-order chi connectivity index (χ1) is 16.1. The first-order valence-corrected chi connectivity index (χ1v) is 12.8. The summed E-state index contributed by atoms with van der Waals surface area (Å²) < 4.78 is 18.1. The Balaban J connectivity index is 2.19. The minimum Gasteiger partial charge on any atom is -0.493 e. The molecule has 0 heterocycles. The Labute approximate surface area is 200 Å². The molecule has 0 aliphatic heterocycles. The fraction of sp³-hybridized carbons (Fsp3) is 0.552. The Hall–Kier alpha value is -2.49. The van der Waals surface area contributed by atoms with Gasteiger partial charge in [0.1, 0.15) is 5.75 Å². The van der Waals surface area contributed by atoms with Gasteiger partial charge in [-0.05, 0) is 61.4 Å². The zero-order chi connectivity index (χ0) is 23.9. The van der Waals surface area contributed by atoms with Crippen molar-refractivity contribution in [2.75, 3.05) is 19.8 Å². The van der Waals surface area contributed by atoms with Crippen LogP contribution in [-0.4, -0.2) is 25.6 Å². The zero-order valence-electron chi connectivity index (χ0n) is 21.1. The maximum Gasteiger partial charge on any atom is 0.171 e. The molecule has 0 unspecified atom stereocenters. The van der Waals surface area contributed by atoms with Crippen LogP contribution in [0.3, 0.4) is 0 Å². The van der Waals surface area contributed by atoms with Gasteiger partial charge >= 0.3 is 0 Å². The molecule has 0 amide bonds. The monoisotopic (exact) mass is 454 g/mol. The molecule has 0 radical (unpaired) electrons. The Morgan fingerprint density at radius 1 is 0.758 bits per heavy atom. The maximum atomic E-state index is 13.3. The standard InChI is InChI=1S/C29H42O4/c1-5-9-19-31-27-18-15-23(8-4)22-24(27)16-17-26(30)25-13-12-14-28(32-20-10-6-2)29(25)33-21-11-7-3/h12-15,18,22H,5-11,16-17,19-21H2,1-4H3. The van der Waals surface area contributed by atoms with E-state index in [0.29, 0.717) is 49.7 Å². The van der Waals surface area contributed by atoms with E-state index in [2.05, 4.69) is 45.9 Å². The third-order valence-corrected chi connectivity index (χ3v) is 5.69. The minimum atomic E-state index is 0.0730. The van der Waals surface area contributed by atoms with Gasteiger partial charge in [0, 0.05) is 6.42 Å². The second-order valence-electron chi connectivity index (χ2n) is 8.46. The molecule has 0 saturated carbocycles. The molecule has 33 heavy (non-hydrogen) atoms. The maximum absolute atomic E-state index is 13.3. The van der Waals surface area contributed by atoms with E-state index in [1.807, 2.05) is 18.2 Å². The molecule has 0 aromatic heterocycles. The van der Waals surface area contributed by atoms with Crippen LogP contribution < -0.4 is 14.2 Å². The van der Waals surface area contributed by atoms with Crippen LogP contribution >= 0.6 is 0 Å². The number of Topliss-reactive ketones (excluding diaryl/α,β-unsaturated/α-hetero) is 1. The van der Waals surface area contributed by atoms with Gasteiger partial charge < -0.3 is 14.2 Å². The van der Waals surface area contributed by atoms with E-state index in [1.54, 1.807) is 0 Å². The van der Waals surface area contributed by atoms with Crippen molar-refractivity contribution in [1.82, 2.24) is 0 Å². The molecule has 182 valence electrons. The Bertz CT molecular complexity index is 844. The largest absolute Gasteiger partial charge is 0.493 e. The molecule has 0 fully saturated rings. The van der Waals surface area contributed by atoms with Crippen LogP contribution in [0.25, 0.3) is 0 Å². The summed E-state index contributed by atoms with van der Waals surface area (Å²) in [6.07, 6.45) is 8.14. The highest BCUT2D eigenvalue weighted by molar-refractivity contribution is 5.99. The third-order valence-electron chi connectivity index (χ3n) is 5.69. The van der Waals surface area contributed by atoms with Gasteiger partial charge in [-0.1, -0.05) is 65.2 Å². The van der Waals surface area contributed by atoms with Gasteiger partial charge in [-0.3, -0.25) is 4.79 Å². The van der Waals surface area contributed by atoms with Crippen molar-refractivity contribution in [3.63, 3.8) is 0 Å². The van der Waals surface area contributed by atoms with Gasteiger partial charge in [0.15, 0.2) is 17.3 Å². The highest BCUT2D eigenvalue weighted by Gasteiger charge is 2.18. The lowest BCUT2D eigenvalue weighted by Crippen LogP contribution is -2.09. The summed E-state index contributed by atoms with van der Waals surface area (Å²) in [5.74, 6) is 2.23. The first-order valence-electron chi connectivity index (χ1n) is 12.8. The summed E-state index contributed by atoms with van der Waals surface area (Å²) in [4.78, 5) is 13.3. The number of ether oxygens (including phenoxy) is 3. The summed E-state index contributed by atoms with van der Waals surface area (Å²) in [6, 6.07) is 12.0. The summed E-state index contributed by atoms with van der Waals surface area (Å²) in [5.41, 5.74) is 2.97. The smallest absolute Gasteiger partial charge is 0.171 e. The SMILES string of the molecule is CCCCOc1ccc(CC)cc1CCC(=O)c1cccc(OCCCC)c1OCCCC. The first kappa shape index (κ1) is 26.8. The fourth-order valence-corrected chi connectivity index (χ4v) is 3.54. The molecule has 0 spiro atoms. The molecule has 0 N–H and O–H groups in total. The molecular formula is C29H42O4. The Morgan fingerprint density at radius 2 is 1.39 bits per heavy atom. The zero-order valence-corrected chi connectivity index (χ0v) is 21.1. The average molecular weight is 455 g/mol. The predicted molar refractivity (Wildman–Crippen MR) is 136 cm³/mol. The van der Waals surface area contributed by atoms with Gasteiger partial charge in [0.05, 0.1) is 25.4 Å². The van der Waals surface area contributed by atoms with E-state index < -0.39 is 0 Å². The van der Waals surface area contributed by atoms with E-state index in [-0.39, 0.29) is 5.78 Å². The van der Waals surface area contributed by atoms with Crippen molar-refractivity contribution >= 4 is 5.78 Å². The molecule has 0 aliphatic rings. The lowest BCUT2D eigenvalue weighted by Gasteiger charge is -2.16. The van der Waals surface area contributed by atoms with Crippen LogP contribution in [0.4, 0.5) is 0 Å². The van der Waals surface area contributed by atoms with Crippen molar-refractivity contribution in [2.24, 2.45) is 0 Å². The topological polar surface area (TPSA) is 44.8 Å². The lowest BCUT2D eigenvalue weighted by atomic mass is 9.99. The molecule has 4 heteroatoms. The average Bonchev–Trinajstić information content (AvgIpc) is 2.84. The number of rotatable bonds is 17. The highest BCUT2D eigenvalue weighted by atomic mass is 16.5. The number of hydrogen-bond donors (Lipinski definition) is 0. The van der Waals surface area contributed by atoms with Crippen LogP contribution in [0, 0.1) is 0 Å². The predicted octanol–water partition coefficient (Wildman–Crippen LogP) is 7.60. The molecule has 2 aromatic rings. The summed E-state index contributed by atoms with van der Waals surface area (Å²) in [7, 11) is 0. The molecule has 4 nitrogen and oxygen atoms in total. The van der Waals surface area contributed by atoms with Crippen LogP contribution in [0.15, 0.2) is 36.4 Å². The van der Waals surface area contributed by atoms with E-state index >= 15 is 0 Å². The number of para-hydroxylation sites is 1. The molecular weight excluding hydrogens is 412 g/mol. The van der Waals surface area contributed by atoms with Crippen LogP contribution in [0.2, 0.25) is 0 Å². The van der Waals surface area contributed by atoms with E-state index in [0.717, 1.165) is 56.3 Å². The van der Waals surface area contributed by atoms with Crippen molar-refractivity contribution in [1.29, 1.82) is 0 Å². The van der Waals surface area contributed by atoms with Crippen molar-refractivity contribution < 1.29 is 19.0 Å². The van der Waals surface area contributed by atoms with E-state index in [4.69, 9.17) is 14.2 Å². The van der Waals surface area contributed by atoms with Crippen LogP contribution in [-0.2, 0) is 12.8 Å². The van der Waals surface area contributed by atoms with E-state index in [1.165, 1.54) is 5.56 Å². The lowest BCUT2D eigenvalue weighted by molar-refractivity contribution is 0.0977. The molecule has 0 bridgehead atoms. The molecule has 2 aromatic carbocycles. The van der Waals surface area contributed by atoms with E-state index in [9.17, 15) is 4.79 Å². The van der Waals surface area contributed by atoms with Gasteiger partial charge in [0.25, 0.3) is 0 Å². The van der Waals surface area contributed by atoms with Crippen molar-refractivity contribution in [3.05, 3.63) is 53.1 Å². The van der Waals surface area contributed by atoms with Gasteiger partial charge in [0.2, 0.25) is 0 Å². The molecule has 0 atom stereocenters. The number of unbranched alkanes of at least 4 members (excludes halogenated alkanes) is 3. The summed E-state index contributed by atoms with van der Waals surface area (Å²) >= 11 is 0. The van der Waals surface area contributed by atoms with Crippen LogP contribution in [0.5, 0.6) is 17.2 Å². The number of hydrogen-bond acceptors (Lipinski definition) is 4. The highest BCUT2D eigenvalue weighted by Crippen LogP contribution is 2.33. The number of carbonyl (C=O) groups excluding carboxylic acids is 1. The van der Waals surface area contributed by atoms with Gasteiger partial charge in [-0.25, -0.2) is 0 Å². The van der Waals surface area contributed by atoms with Gasteiger partial charge in [-0.15, -0.1) is 0 Å². The Kier molecular flexibility index (Phi) is 12.5. The quantitative estimate of drug-likeness (QED) is 0.182. The number of aryl methyl sites for hydroxylation is 2. The minimum absolute atomic E-state index is 0.0730. The molecule has 0 saturated heterocycles. The fourth-order valence-electron chi connectivity index (χ4n) is 3.54. The molecule has 2 rings (SSSR count). The molecule has 0 aliphatic carbocycles. The second kappa shape index (κ2) is 15.4.